The molecule has 0 aliphatic heterocycles. The Bertz CT molecular complexity index is 497. The third-order valence-corrected chi connectivity index (χ3v) is 4.26. The molecule has 120 valence electrons. The molecule has 2 atom stereocenters. The van der Waals surface area contributed by atoms with Crippen LogP contribution in [-0.4, -0.2) is 34.2 Å². The summed E-state index contributed by atoms with van der Waals surface area (Å²) in [5.41, 5.74) is 0.836. The molecule has 5 heteroatoms. The molecular formula is C17H23NO4. The van der Waals surface area contributed by atoms with Crippen LogP contribution in [0.1, 0.15) is 37.7 Å². The predicted octanol–water partition coefficient (Wildman–Crippen LogP) is 1.74. The molecule has 0 saturated heterocycles. The summed E-state index contributed by atoms with van der Waals surface area (Å²) in [6, 6.07) is 8.12. The Kier molecular flexibility index (Phi) is 5.95. The van der Waals surface area contributed by atoms with Crippen LogP contribution < -0.4 is 5.32 Å². The zero-order valence-corrected chi connectivity index (χ0v) is 12.6. The lowest BCUT2D eigenvalue weighted by Gasteiger charge is -2.26. The first-order valence-electron chi connectivity index (χ1n) is 7.83. The maximum atomic E-state index is 12.1. The smallest absolute Gasteiger partial charge is 0.326 e. The number of benzene rings is 1. The lowest BCUT2D eigenvalue weighted by molar-refractivity contribution is -0.144. The van der Waals surface area contributed by atoms with Crippen molar-refractivity contribution in [2.75, 3.05) is 0 Å². The molecule has 1 aliphatic carbocycles. The van der Waals surface area contributed by atoms with Crippen molar-refractivity contribution in [1.82, 2.24) is 5.32 Å². The van der Waals surface area contributed by atoms with Gasteiger partial charge in [-0.15, -0.1) is 0 Å². The molecule has 5 nitrogen and oxygen atoms in total. The maximum absolute atomic E-state index is 12.1. The fraction of sp³-hybridized carbons (Fsp3) is 0.529. The number of hydrogen-bond acceptors (Lipinski definition) is 3. The van der Waals surface area contributed by atoms with Crippen LogP contribution in [0.4, 0.5) is 0 Å². The molecule has 1 saturated carbocycles. The van der Waals surface area contributed by atoms with E-state index in [-0.39, 0.29) is 12.3 Å². The SMILES string of the molecule is O=C(N[C@@H](Cc1ccccc1)C(=O)O)C(O)C1CCCCC1. The van der Waals surface area contributed by atoms with Gasteiger partial charge in [0, 0.05) is 6.42 Å². The van der Waals surface area contributed by atoms with E-state index < -0.39 is 24.0 Å². The molecule has 0 aromatic heterocycles. The molecule has 0 spiro atoms. The Labute approximate surface area is 130 Å². The van der Waals surface area contributed by atoms with Gasteiger partial charge in [-0.1, -0.05) is 49.6 Å². The highest BCUT2D eigenvalue weighted by molar-refractivity contribution is 5.86. The molecule has 1 amide bonds. The molecule has 1 unspecified atom stereocenters. The summed E-state index contributed by atoms with van der Waals surface area (Å²) >= 11 is 0. The van der Waals surface area contributed by atoms with Crippen molar-refractivity contribution in [1.29, 1.82) is 0 Å². The molecular weight excluding hydrogens is 282 g/mol. The minimum atomic E-state index is -1.11. The fourth-order valence-corrected chi connectivity index (χ4v) is 2.97. The predicted molar refractivity (Wildman–Crippen MR) is 82.3 cm³/mol. The summed E-state index contributed by atoms with van der Waals surface area (Å²) in [7, 11) is 0. The van der Waals surface area contributed by atoms with E-state index in [4.69, 9.17) is 0 Å². The van der Waals surface area contributed by atoms with Crippen LogP contribution in [0.25, 0.3) is 0 Å². The summed E-state index contributed by atoms with van der Waals surface area (Å²) in [5.74, 6) is -1.72. The first-order chi connectivity index (χ1) is 10.6. The van der Waals surface area contributed by atoms with Gasteiger partial charge in [-0.05, 0) is 24.3 Å². The minimum Gasteiger partial charge on any atom is -0.480 e. The number of aliphatic hydroxyl groups is 1. The van der Waals surface area contributed by atoms with Crippen LogP contribution in [-0.2, 0) is 16.0 Å². The van der Waals surface area contributed by atoms with Crippen molar-refractivity contribution in [3.05, 3.63) is 35.9 Å². The minimum absolute atomic E-state index is 0.0556. The number of carbonyl (C=O) groups is 2. The average Bonchev–Trinajstić information content (AvgIpc) is 2.55. The van der Waals surface area contributed by atoms with Gasteiger partial charge in [0.05, 0.1) is 0 Å². The first kappa shape index (κ1) is 16.5. The second-order valence-corrected chi connectivity index (χ2v) is 5.93. The summed E-state index contributed by atoms with van der Waals surface area (Å²) in [6.45, 7) is 0. The van der Waals surface area contributed by atoms with Crippen LogP contribution in [0.3, 0.4) is 0 Å². The van der Waals surface area contributed by atoms with Crippen molar-refractivity contribution >= 4 is 11.9 Å². The Balaban J connectivity index is 1.95. The van der Waals surface area contributed by atoms with Crippen molar-refractivity contribution in [2.45, 2.75) is 50.7 Å². The lowest BCUT2D eigenvalue weighted by Crippen LogP contribution is -2.48. The average molecular weight is 305 g/mol. The topological polar surface area (TPSA) is 86.6 Å². The molecule has 0 bridgehead atoms. The fourth-order valence-electron chi connectivity index (χ4n) is 2.97. The lowest BCUT2D eigenvalue weighted by atomic mass is 9.85. The van der Waals surface area contributed by atoms with Crippen LogP contribution in [0.15, 0.2) is 30.3 Å². The number of aliphatic carboxylic acids is 1. The number of carbonyl (C=O) groups excluding carboxylic acids is 1. The first-order valence-corrected chi connectivity index (χ1v) is 7.83. The molecule has 1 aromatic carbocycles. The van der Waals surface area contributed by atoms with E-state index in [0.29, 0.717) is 0 Å². The van der Waals surface area contributed by atoms with Crippen LogP contribution in [0.5, 0.6) is 0 Å². The van der Waals surface area contributed by atoms with Crippen LogP contribution in [0, 0.1) is 5.92 Å². The highest BCUT2D eigenvalue weighted by atomic mass is 16.4. The van der Waals surface area contributed by atoms with Crippen molar-refractivity contribution < 1.29 is 19.8 Å². The molecule has 0 radical (unpaired) electrons. The normalized spacial score (nSPS) is 18.4. The van der Waals surface area contributed by atoms with Gasteiger partial charge in [-0.2, -0.15) is 0 Å². The van der Waals surface area contributed by atoms with Gasteiger partial charge in [0.2, 0.25) is 5.91 Å². The van der Waals surface area contributed by atoms with Crippen molar-refractivity contribution in [3.63, 3.8) is 0 Å². The molecule has 1 aliphatic rings. The molecule has 1 fully saturated rings. The third kappa shape index (κ3) is 4.56. The maximum Gasteiger partial charge on any atom is 0.326 e. The van der Waals surface area contributed by atoms with Crippen LogP contribution in [0.2, 0.25) is 0 Å². The van der Waals surface area contributed by atoms with E-state index in [9.17, 15) is 19.8 Å². The standard InChI is InChI=1S/C17H23NO4/c19-15(13-9-5-2-6-10-13)16(20)18-14(17(21)22)11-12-7-3-1-4-8-12/h1,3-4,7-8,13-15,19H,2,5-6,9-11H2,(H,18,20)(H,21,22)/t14-,15?/m0/s1. The van der Waals surface area contributed by atoms with Gasteiger partial charge in [0.15, 0.2) is 0 Å². The molecule has 2 rings (SSSR count). The number of amides is 1. The molecule has 22 heavy (non-hydrogen) atoms. The van der Waals surface area contributed by atoms with E-state index in [1.165, 1.54) is 0 Å². The second kappa shape index (κ2) is 7.94. The van der Waals surface area contributed by atoms with E-state index >= 15 is 0 Å². The Morgan fingerprint density at radius 3 is 2.36 bits per heavy atom. The summed E-state index contributed by atoms with van der Waals surface area (Å²) in [5, 5.41) is 21.9. The third-order valence-electron chi connectivity index (χ3n) is 4.26. The Morgan fingerprint density at radius 1 is 1.14 bits per heavy atom. The van der Waals surface area contributed by atoms with Crippen molar-refractivity contribution in [2.24, 2.45) is 5.92 Å². The summed E-state index contributed by atoms with van der Waals surface area (Å²) < 4.78 is 0. The Morgan fingerprint density at radius 2 is 1.77 bits per heavy atom. The number of hydrogen-bond donors (Lipinski definition) is 3. The monoisotopic (exact) mass is 305 g/mol. The zero-order chi connectivity index (χ0) is 15.9. The quantitative estimate of drug-likeness (QED) is 0.747. The Hall–Kier alpha value is -1.88. The largest absolute Gasteiger partial charge is 0.480 e. The highest BCUT2D eigenvalue weighted by Crippen LogP contribution is 2.26. The van der Waals surface area contributed by atoms with Gasteiger partial charge < -0.3 is 15.5 Å². The molecule has 0 heterocycles. The number of nitrogens with one attached hydrogen (secondary N) is 1. The second-order valence-electron chi connectivity index (χ2n) is 5.93. The van der Waals surface area contributed by atoms with Crippen molar-refractivity contribution in [3.8, 4) is 0 Å². The van der Waals surface area contributed by atoms with Gasteiger partial charge in [-0.3, -0.25) is 4.79 Å². The van der Waals surface area contributed by atoms with Gasteiger partial charge in [0.1, 0.15) is 12.1 Å². The number of carboxylic acid groups (broad SMARTS) is 1. The molecule has 3 N–H and O–H groups in total. The summed E-state index contributed by atoms with van der Waals surface area (Å²) in [4.78, 5) is 23.5. The van der Waals surface area contributed by atoms with E-state index in [1.807, 2.05) is 30.3 Å². The van der Waals surface area contributed by atoms with E-state index in [0.717, 1.165) is 37.7 Å². The van der Waals surface area contributed by atoms with Gasteiger partial charge in [0.25, 0.3) is 0 Å². The van der Waals surface area contributed by atoms with Crippen LogP contribution >= 0.6 is 0 Å². The number of rotatable bonds is 6. The highest BCUT2D eigenvalue weighted by Gasteiger charge is 2.30. The van der Waals surface area contributed by atoms with Gasteiger partial charge >= 0.3 is 5.97 Å². The van der Waals surface area contributed by atoms with E-state index in [2.05, 4.69) is 5.32 Å². The van der Waals surface area contributed by atoms with Gasteiger partial charge in [-0.25, -0.2) is 4.79 Å². The zero-order valence-electron chi connectivity index (χ0n) is 12.6. The number of carboxylic acids is 1. The number of aliphatic hydroxyl groups excluding tert-OH is 1. The van der Waals surface area contributed by atoms with E-state index in [1.54, 1.807) is 0 Å². The molecule has 1 aromatic rings. The summed E-state index contributed by atoms with van der Waals surface area (Å²) in [6.07, 6.45) is 3.91.